The van der Waals surface area contributed by atoms with Crippen LogP contribution in [0.3, 0.4) is 0 Å². The fourth-order valence-corrected chi connectivity index (χ4v) is 3.04. The first kappa shape index (κ1) is 19.8. The van der Waals surface area contributed by atoms with E-state index in [4.69, 9.17) is 4.74 Å². The number of carbonyl (C=O) groups excluding carboxylic acids is 3. The highest BCUT2D eigenvalue weighted by molar-refractivity contribution is 9.10. The smallest absolute Gasteiger partial charge is 0.335 e. The van der Waals surface area contributed by atoms with E-state index in [1.165, 1.54) is 30.6 Å². The second kappa shape index (κ2) is 8.35. The molecule has 3 rings (SSSR count). The molecule has 4 amide bonds. The lowest BCUT2D eigenvalue weighted by Gasteiger charge is -2.26. The number of ether oxygens (including phenoxy) is 1. The number of hydrogen-bond acceptors (Lipinski definition) is 5. The molecule has 1 aliphatic heterocycles. The molecule has 0 spiro atoms. The maximum absolute atomic E-state index is 12.8. The van der Waals surface area contributed by atoms with Crippen LogP contribution in [0.1, 0.15) is 25.8 Å². The van der Waals surface area contributed by atoms with Gasteiger partial charge in [-0.2, -0.15) is 0 Å². The largest absolute Gasteiger partial charge is 0.490 e. The Kier molecular flexibility index (Phi) is 5.89. The second-order valence-electron chi connectivity index (χ2n) is 6.19. The van der Waals surface area contributed by atoms with Crippen molar-refractivity contribution in [3.63, 3.8) is 0 Å². The molecule has 0 radical (unpaired) electrons. The van der Waals surface area contributed by atoms with Gasteiger partial charge in [0.2, 0.25) is 0 Å². The van der Waals surface area contributed by atoms with Crippen LogP contribution in [-0.2, 0) is 9.59 Å². The molecule has 28 heavy (non-hydrogen) atoms. The monoisotopic (exact) mass is 443 g/mol. The van der Waals surface area contributed by atoms with Crippen LogP contribution in [0.25, 0.3) is 6.08 Å². The molecule has 144 valence electrons. The third-order valence-corrected chi connectivity index (χ3v) is 4.81. The molecule has 1 aliphatic rings. The number of urea groups is 1. The van der Waals surface area contributed by atoms with Gasteiger partial charge in [-0.25, -0.2) is 9.69 Å². The van der Waals surface area contributed by atoms with Crippen LogP contribution in [0.5, 0.6) is 5.75 Å². The fourth-order valence-electron chi connectivity index (χ4n) is 2.55. The Balaban J connectivity index is 1.92. The lowest BCUT2D eigenvalue weighted by Crippen LogP contribution is -2.54. The first-order valence-electron chi connectivity index (χ1n) is 8.68. The van der Waals surface area contributed by atoms with Crippen molar-refractivity contribution < 1.29 is 19.1 Å². The Hall–Kier alpha value is -3.00. The Bertz CT molecular complexity index is 959. The van der Waals surface area contributed by atoms with Gasteiger partial charge in [-0.05, 0) is 65.2 Å². The standard InChI is InChI=1S/C20H18BrN3O4/c1-3-12(2)28-17-5-4-13(11-16(17)21)10-15-18(25)23-20(27)24(19(15)26)14-6-8-22-9-7-14/h4-12H,3H2,1-2H3,(H,23,25,27)/b15-10+/t12-/m1/s1. The number of imide groups is 2. The van der Waals surface area contributed by atoms with Gasteiger partial charge in [0.25, 0.3) is 11.8 Å². The number of halogens is 1. The summed E-state index contributed by atoms with van der Waals surface area (Å²) in [5, 5.41) is 2.19. The molecular formula is C20H18BrN3O4. The van der Waals surface area contributed by atoms with Gasteiger partial charge in [-0.15, -0.1) is 0 Å². The Labute approximate surface area is 170 Å². The summed E-state index contributed by atoms with van der Waals surface area (Å²) in [6.07, 6.45) is 5.29. The summed E-state index contributed by atoms with van der Waals surface area (Å²) in [5.41, 5.74) is 0.805. The van der Waals surface area contributed by atoms with Crippen molar-refractivity contribution in [2.75, 3.05) is 4.90 Å². The molecule has 1 aromatic carbocycles. The number of nitrogens with zero attached hydrogens (tertiary/aromatic N) is 2. The number of carbonyl (C=O) groups is 3. The number of anilines is 1. The zero-order valence-electron chi connectivity index (χ0n) is 15.3. The normalized spacial score (nSPS) is 16.9. The molecule has 0 saturated carbocycles. The van der Waals surface area contributed by atoms with Crippen molar-refractivity contribution in [1.82, 2.24) is 10.3 Å². The van der Waals surface area contributed by atoms with E-state index in [9.17, 15) is 14.4 Å². The van der Waals surface area contributed by atoms with Gasteiger partial charge in [0.05, 0.1) is 16.3 Å². The first-order valence-corrected chi connectivity index (χ1v) is 9.47. The predicted octanol–water partition coefficient (Wildman–Crippen LogP) is 3.69. The molecular weight excluding hydrogens is 426 g/mol. The van der Waals surface area contributed by atoms with Crippen LogP contribution < -0.4 is 15.0 Å². The van der Waals surface area contributed by atoms with Gasteiger partial charge in [0.1, 0.15) is 11.3 Å². The van der Waals surface area contributed by atoms with Crippen LogP contribution in [0.4, 0.5) is 10.5 Å². The zero-order valence-corrected chi connectivity index (χ0v) is 16.9. The van der Waals surface area contributed by atoms with Crippen LogP contribution in [0.15, 0.2) is 52.8 Å². The maximum atomic E-state index is 12.8. The zero-order chi connectivity index (χ0) is 20.3. The quantitative estimate of drug-likeness (QED) is 0.562. The van der Waals surface area contributed by atoms with E-state index in [-0.39, 0.29) is 11.7 Å². The van der Waals surface area contributed by atoms with Gasteiger partial charge in [-0.3, -0.25) is 19.9 Å². The van der Waals surface area contributed by atoms with Crippen molar-refractivity contribution in [3.8, 4) is 5.75 Å². The topological polar surface area (TPSA) is 88.6 Å². The van der Waals surface area contributed by atoms with Crippen LogP contribution >= 0.6 is 15.9 Å². The summed E-state index contributed by atoms with van der Waals surface area (Å²) < 4.78 is 6.50. The van der Waals surface area contributed by atoms with E-state index >= 15 is 0 Å². The van der Waals surface area contributed by atoms with Gasteiger partial charge in [0.15, 0.2) is 0 Å². The molecule has 1 saturated heterocycles. The number of hydrogen-bond donors (Lipinski definition) is 1. The number of pyridine rings is 1. The average molecular weight is 444 g/mol. The molecule has 0 aliphatic carbocycles. The minimum Gasteiger partial charge on any atom is -0.490 e. The van der Waals surface area contributed by atoms with E-state index < -0.39 is 17.8 Å². The lowest BCUT2D eigenvalue weighted by molar-refractivity contribution is -0.122. The van der Waals surface area contributed by atoms with E-state index in [1.807, 2.05) is 13.8 Å². The number of aromatic nitrogens is 1. The van der Waals surface area contributed by atoms with Crippen LogP contribution in [0, 0.1) is 0 Å². The highest BCUT2D eigenvalue weighted by atomic mass is 79.9. The number of benzene rings is 1. The third-order valence-electron chi connectivity index (χ3n) is 4.19. The summed E-state index contributed by atoms with van der Waals surface area (Å²) in [6.45, 7) is 4.00. The van der Waals surface area contributed by atoms with E-state index in [1.54, 1.807) is 18.2 Å². The summed E-state index contributed by atoms with van der Waals surface area (Å²) in [7, 11) is 0. The highest BCUT2D eigenvalue weighted by Crippen LogP contribution is 2.29. The molecule has 7 nitrogen and oxygen atoms in total. The minimum atomic E-state index is -0.795. The Morgan fingerprint density at radius 2 is 1.93 bits per heavy atom. The number of amides is 4. The number of nitrogens with one attached hydrogen (secondary N) is 1. The Morgan fingerprint density at radius 3 is 2.57 bits per heavy atom. The van der Waals surface area contributed by atoms with Gasteiger partial charge < -0.3 is 4.74 Å². The lowest BCUT2D eigenvalue weighted by atomic mass is 10.1. The van der Waals surface area contributed by atoms with E-state index in [0.717, 1.165) is 11.3 Å². The van der Waals surface area contributed by atoms with Crippen molar-refractivity contribution in [3.05, 3.63) is 58.3 Å². The maximum Gasteiger partial charge on any atom is 0.335 e. The van der Waals surface area contributed by atoms with Gasteiger partial charge >= 0.3 is 6.03 Å². The van der Waals surface area contributed by atoms with Gasteiger partial charge in [0, 0.05) is 12.4 Å². The third kappa shape index (κ3) is 4.12. The number of barbiturate groups is 1. The van der Waals surface area contributed by atoms with Crippen molar-refractivity contribution >= 4 is 45.5 Å². The van der Waals surface area contributed by atoms with Crippen molar-refractivity contribution in [2.24, 2.45) is 0 Å². The molecule has 1 aromatic heterocycles. The van der Waals surface area contributed by atoms with E-state index in [0.29, 0.717) is 21.5 Å². The second-order valence-corrected chi connectivity index (χ2v) is 7.04. The Morgan fingerprint density at radius 1 is 1.21 bits per heavy atom. The van der Waals surface area contributed by atoms with Crippen molar-refractivity contribution in [1.29, 1.82) is 0 Å². The van der Waals surface area contributed by atoms with Gasteiger partial charge in [-0.1, -0.05) is 13.0 Å². The first-order chi connectivity index (χ1) is 13.4. The van der Waals surface area contributed by atoms with E-state index in [2.05, 4.69) is 26.2 Å². The fraction of sp³-hybridized carbons (Fsp3) is 0.200. The molecule has 0 bridgehead atoms. The summed E-state index contributed by atoms with van der Waals surface area (Å²) in [6, 6.07) is 7.49. The molecule has 2 aromatic rings. The summed E-state index contributed by atoms with van der Waals surface area (Å²) >= 11 is 3.45. The number of rotatable bonds is 5. The molecule has 1 fully saturated rings. The van der Waals surface area contributed by atoms with Crippen LogP contribution in [0.2, 0.25) is 0 Å². The van der Waals surface area contributed by atoms with Crippen LogP contribution in [-0.4, -0.2) is 28.9 Å². The van der Waals surface area contributed by atoms with Crippen molar-refractivity contribution in [2.45, 2.75) is 26.4 Å². The average Bonchev–Trinajstić information content (AvgIpc) is 2.67. The molecule has 1 N–H and O–H groups in total. The SMILES string of the molecule is CC[C@@H](C)Oc1ccc(/C=C2\C(=O)NC(=O)N(c3ccncc3)C2=O)cc1Br. The molecule has 1 atom stereocenters. The highest BCUT2D eigenvalue weighted by Gasteiger charge is 2.36. The molecule has 8 heteroatoms. The summed E-state index contributed by atoms with van der Waals surface area (Å²) in [4.78, 5) is 42.0. The molecule has 0 unspecified atom stereocenters. The molecule has 2 heterocycles. The predicted molar refractivity (Wildman–Crippen MR) is 108 cm³/mol. The minimum absolute atomic E-state index is 0.0612. The summed E-state index contributed by atoms with van der Waals surface area (Å²) in [5.74, 6) is -0.767.